The average Bonchev–Trinajstić information content (AvgIpc) is 2.59. The molecule has 13 heavy (non-hydrogen) atoms. The molecule has 0 radical (unpaired) electrons. The van der Waals surface area contributed by atoms with Crippen molar-refractivity contribution in [3.8, 4) is 5.75 Å². The molecular formula is C9H7ClO2S. The van der Waals surface area contributed by atoms with Crippen molar-refractivity contribution in [1.29, 1.82) is 0 Å². The predicted octanol–water partition coefficient (Wildman–Crippen LogP) is 2.75. The predicted molar refractivity (Wildman–Crippen MR) is 54.4 cm³/mol. The lowest BCUT2D eigenvalue weighted by Gasteiger charge is -2.03. The lowest BCUT2D eigenvalue weighted by molar-refractivity contribution is 0.281. The lowest BCUT2D eigenvalue weighted by atomic mass is 10.1. The number of halogens is 1. The fourth-order valence-corrected chi connectivity index (χ4v) is 2.30. The number of hydrogen-bond acceptors (Lipinski definition) is 3. The van der Waals surface area contributed by atoms with Gasteiger partial charge >= 0.3 is 0 Å². The zero-order valence-electron chi connectivity index (χ0n) is 6.62. The maximum atomic E-state index is 9.62. The zero-order chi connectivity index (χ0) is 9.42. The van der Waals surface area contributed by atoms with E-state index in [1.807, 2.05) is 11.4 Å². The number of hydrogen-bond donors (Lipinski definition) is 2. The molecule has 2 nitrogen and oxygen atoms in total. The molecule has 0 unspecified atom stereocenters. The summed E-state index contributed by atoms with van der Waals surface area (Å²) >= 11 is 7.33. The first-order valence-corrected chi connectivity index (χ1v) is 4.98. The Hall–Kier alpha value is -0.770. The molecule has 0 aliphatic rings. The largest absolute Gasteiger partial charge is 0.506 e. The van der Waals surface area contributed by atoms with E-state index in [0.717, 1.165) is 10.1 Å². The minimum atomic E-state index is -0.153. The first-order valence-electron chi connectivity index (χ1n) is 3.72. The van der Waals surface area contributed by atoms with E-state index in [1.54, 1.807) is 6.07 Å². The molecule has 1 aromatic heterocycles. The molecule has 0 spiro atoms. The van der Waals surface area contributed by atoms with Gasteiger partial charge in [-0.2, -0.15) is 0 Å². The van der Waals surface area contributed by atoms with Crippen molar-refractivity contribution in [2.45, 2.75) is 6.61 Å². The summed E-state index contributed by atoms with van der Waals surface area (Å²) in [6.07, 6.45) is 0. The van der Waals surface area contributed by atoms with Gasteiger partial charge in [-0.25, -0.2) is 0 Å². The third kappa shape index (κ3) is 1.29. The molecule has 2 aromatic rings. The Morgan fingerprint density at radius 1 is 1.46 bits per heavy atom. The molecule has 0 saturated carbocycles. The smallest absolute Gasteiger partial charge is 0.143 e. The number of rotatable bonds is 1. The van der Waals surface area contributed by atoms with Crippen LogP contribution in [0.3, 0.4) is 0 Å². The van der Waals surface area contributed by atoms with E-state index in [-0.39, 0.29) is 17.4 Å². The number of aromatic hydroxyl groups is 1. The van der Waals surface area contributed by atoms with Gasteiger partial charge in [-0.3, -0.25) is 0 Å². The highest BCUT2D eigenvalue weighted by molar-refractivity contribution is 7.17. The second kappa shape index (κ2) is 3.18. The number of thiophene rings is 1. The van der Waals surface area contributed by atoms with Crippen molar-refractivity contribution >= 4 is 33.0 Å². The maximum absolute atomic E-state index is 9.62. The second-order valence-electron chi connectivity index (χ2n) is 2.69. The lowest BCUT2D eigenvalue weighted by Crippen LogP contribution is -1.84. The number of fused-ring (bicyclic) bond motifs is 1. The molecule has 0 aliphatic heterocycles. The Balaban J connectivity index is 2.83. The number of phenols is 1. The zero-order valence-corrected chi connectivity index (χ0v) is 8.19. The van der Waals surface area contributed by atoms with Gasteiger partial charge in [0.1, 0.15) is 5.75 Å². The van der Waals surface area contributed by atoms with E-state index in [0.29, 0.717) is 5.56 Å². The van der Waals surface area contributed by atoms with E-state index in [4.69, 9.17) is 16.7 Å². The summed E-state index contributed by atoms with van der Waals surface area (Å²) in [5.74, 6) is 0.0597. The van der Waals surface area contributed by atoms with Crippen LogP contribution in [0.2, 0.25) is 5.02 Å². The van der Waals surface area contributed by atoms with Crippen LogP contribution < -0.4 is 0 Å². The van der Waals surface area contributed by atoms with Crippen LogP contribution in [0.25, 0.3) is 10.1 Å². The molecule has 4 heteroatoms. The molecule has 0 aliphatic carbocycles. The summed E-state index contributed by atoms with van der Waals surface area (Å²) in [5, 5.41) is 21.4. The monoisotopic (exact) mass is 214 g/mol. The highest BCUT2D eigenvalue weighted by atomic mass is 35.5. The van der Waals surface area contributed by atoms with Gasteiger partial charge in [0.05, 0.1) is 11.6 Å². The quantitative estimate of drug-likeness (QED) is 0.767. The molecule has 0 amide bonds. The fourth-order valence-electron chi connectivity index (χ4n) is 1.24. The Morgan fingerprint density at radius 2 is 2.23 bits per heavy atom. The van der Waals surface area contributed by atoms with Gasteiger partial charge in [0.25, 0.3) is 0 Å². The maximum Gasteiger partial charge on any atom is 0.143 e. The number of aliphatic hydroxyl groups is 1. The molecule has 2 N–H and O–H groups in total. The van der Waals surface area contributed by atoms with E-state index in [9.17, 15) is 5.11 Å². The normalized spacial score (nSPS) is 10.9. The van der Waals surface area contributed by atoms with Gasteiger partial charge in [-0.15, -0.1) is 11.3 Å². The van der Waals surface area contributed by atoms with Gasteiger partial charge < -0.3 is 10.2 Å². The highest BCUT2D eigenvalue weighted by Crippen LogP contribution is 2.37. The summed E-state index contributed by atoms with van der Waals surface area (Å²) in [7, 11) is 0. The highest BCUT2D eigenvalue weighted by Gasteiger charge is 2.10. The number of aliphatic hydroxyl groups excluding tert-OH is 1. The van der Waals surface area contributed by atoms with Crippen molar-refractivity contribution in [2.75, 3.05) is 0 Å². The molecule has 2 rings (SSSR count). The van der Waals surface area contributed by atoms with Gasteiger partial charge in [0.15, 0.2) is 0 Å². The van der Waals surface area contributed by atoms with Crippen LogP contribution in [0.5, 0.6) is 5.75 Å². The molecule has 0 saturated heterocycles. The second-order valence-corrected chi connectivity index (χ2v) is 4.01. The molecule has 0 bridgehead atoms. The molecule has 0 fully saturated rings. The molecule has 68 valence electrons. The van der Waals surface area contributed by atoms with Gasteiger partial charge in [-0.05, 0) is 17.5 Å². The Bertz CT molecular complexity index is 450. The van der Waals surface area contributed by atoms with Gasteiger partial charge in [-0.1, -0.05) is 11.6 Å². The molecular weight excluding hydrogens is 208 g/mol. The average molecular weight is 215 g/mol. The SMILES string of the molecule is OCc1cc2sccc2c(O)c1Cl. The van der Waals surface area contributed by atoms with Crippen LogP contribution in [-0.4, -0.2) is 10.2 Å². The number of phenolic OH excluding ortho intramolecular Hbond substituents is 1. The van der Waals surface area contributed by atoms with E-state index in [2.05, 4.69) is 0 Å². The Labute approximate surface area is 84.0 Å². The van der Waals surface area contributed by atoms with Crippen molar-refractivity contribution in [2.24, 2.45) is 0 Å². The van der Waals surface area contributed by atoms with Crippen LogP contribution in [0.4, 0.5) is 0 Å². The first kappa shape index (κ1) is 8.81. The van der Waals surface area contributed by atoms with Crippen LogP contribution in [-0.2, 0) is 6.61 Å². The van der Waals surface area contributed by atoms with Gasteiger partial charge in [0, 0.05) is 15.6 Å². The van der Waals surface area contributed by atoms with Crippen LogP contribution in [0.1, 0.15) is 5.56 Å². The van der Waals surface area contributed by atoms with Crippen molar-refractivity contribution in [3.05, 3.63) is 28.1 Å². The topological polar surface area (TPSA) is 40.5 Å². The van der Waals surface area contributed by atoms with Crippen LogP contribution in [0.15, 0.2) is 17.5 Å². The Morgan fingerprint density at radius 3 is 2.92 bits per heavy atom. The van der Waals surface area contributed by atoms with Gasteiger partial charge in [0.2, 0.25) is 0 Å². The standard InChI is InChI=1S/C9H7ClO2S/c10-8-5(4-11)3-7-6(9(8)12)1-2-13-7/h1-3,11-12H,4H2. The van der Waals surface area contributed by atoms with Crippen LogP contribution in [0, 0.1) is 0 Å². The number of benzene rings is 1. The molecule has 0 atom stereocenters. The summed E-state index contributed by atoms with van der Waals surface area (Å²) in [4.78, 5) is 0. The summed E-state index contributed by atoms with van der Waals surface area (Å²) in [5.41, 5.74) is 0.564. The van der Waals surface area contributed by atoms with Crippen molar-refractivity contribution < 1.29 is 10.2 Å². The first-order chi connectivity index (χ1) is 6.24. The van der Waals surface area contributed by atoms with Crippen LogP contribution >= 0.6 is 22.9 Å². The minimum absolute atomic E-state index is 0.0597. The minimum Gasteiger partial charge on any atom is -0.506 e. The van der Waals surface area contributed by atoms with Crippen molar-refractivity contribution in [3.63, 3.8) is 0 Å². The fraction of sp³-hybridized carbons (Fsp3) is 0.111. The van der Waals surface area contributed by atoms with Crippen molar-refractivity contribution in [1.82, 2.24) is 0 Å². The third-order valence-corrected chi connectivity index (χ3v) is 3.20. The molecule has 1 heterocycles. The summed E-state index contributed by atoms with van der Waals surface area (Å²) in [6, 6.07) is 3.60. The third-order valence-electron chi connectivity index (χ3n) is 1.92. The summed E-state index contributed by atoms with van der Waals surface area (Å²) in [6.45, 7) is -0.153. The van der Waals surface area contributed by atoms with E-state index in [1.165, 1.54) is 11.3 Å². The Kier molecular flexibility index (Phi) is 2.15. The molecule has 1 aromatic carbocycles. The summed E-state index contributed by atoms with van der Waals surface area (Å²) < 4.78 is 0.936. The van der Waals surface area contributed by atoms with E-state index >= 15 is 0 Å². The van der Waals surface area contributed by atoms with E-state index < -0.39 is 0 Å².